The first-order valence-electron chi connectivity index (χ1n) is 7.42. The van der Waals surface area contributed by atoms with Crippen LogP contribution in [0.2, 0.25) is 0 Å². The van der Waals surface area contributed by atoms with Gasteiger partial charge in [-0.3, -0.25) is 0 Å². The summed E-state index contributed by atoms with van der Waals surface area (Å²) in [6, 6.07) is 7.27. The molecule has 1 atom stereocenters. The lowest BCUT2D eigenvalue weighted by molar-refractivity contribution is 0.475. The first kappa shape index (κ1) is 17.1. The van der Waals surface area contributed by atoms with E-state index in [2.05, 4.69) is 13.5 Å². The van der Waals surface area contributed by atoms with Crippen molar-refractivity contribution < 1.29 is 5.11 Å². The molecule has 0 aliphatic heterocycles. The minimum absolute atomic E-state index is 0.0181. The maximum atomic E-state index is 9.25. The summed E-state index contributed by atoms with van der Waals surface area (Å²) in [4.78, 5) is 0. The summed E-state index contributed by atoms with van der Waals surface area (Å²) in [6.45, 7) is 6.33. The van der Waals surface area contributed by atoms with Crippen LogP contribution in [0, 0.1) is 0 Å². The quantitative estimate of drug-likeness (QED) is 0.503. The molecule has 0 spiro atoms. The highest BCUT2D eigenvalue weighted by molar-refractivity contribution is 7.99. The molecule has 1 unspecified atom stereocenters. The van der Waals surface area contributed by atoms with E-state index in [1.165, 1.54) is 30.8 Å². The Kier molecular flexibility index (Phi) is 8.47. The number of hydrogen-bond donors (Lipinski definition) is 2. The van der Waals surface area contributed by atoms with Gasteiger partial charge in [0.2, 0.25) is 0 Å². The molecule has 0 saturated carbocycles. The summed E-state index contributed by atoms with van der Waals surface area (Å²) in [5.74, 6) is 2.78. The van der Waals surface area contributed by atoms with Crippen LogP contribution in [0.25, 0.3) is 0 Å². The largest absolute Gasteiger partial charge is 0.508 e. The molecule has 112 valence electrons. The third-order valence-electron chi connectivity index (χ3n) is 3.41. The lowest BCUT2D eigenvalue weighted by atomic mass is 9.97. The second-order valence-corrected chi connectivity index (χ2v) is 6.54. The molecule has 0 heterocycles. The normalized spacial score (nSPS) is 12.3. The predicted octanol–water partition coefficient (Wildman–Crippen LogP) is 4.13. The summed E-state index contributed by atoms with van der Waals surface area (Å²) >= 11 is 2.01. The number of phenols is 1. The lowest BCUT2D eigenvalue weighted by Crippen LogP contribution is -2.24. The topological polar surface area (TPSA) is 46.2 Å². The molecule has 3 heteroatoms. The average molecular weight is 293 g/mol. The molecule has 0 bridgehead atoms. The Hall–Kier alpha value is -0.930. The van der Waals surface area contributed by atoms with Crippen molar-refractivity contribution in [3.05, 3.63) is 42.0 Å². The van der Waals surface area contributed by atoms with Gasteiger partial charge in [-0.2, -0.15) is 11.8 Å². The molecule has 0 aliphatic carbocycles. The van der Waals surface area contributed by atoms with Crippen LogP contribution in [-0.2, 0) is 6.42 Å². The molecule has 0 saturated heterocycles. The van der Waals surface area contributed by atoms with Gasteiger partial charge in [-0.25, -0.2) is 0 Å². The van der Waals surface area contributed by atoms with Crippen LogP contribution < -0.4 is 5.73 Å². The standard InChI is InChI=1S/C17H27NOS/c1-3-20-12-6-4-5-7-14(2)17(18)13-15-8-10-16(19)11-9-15/h8-11,17,19H,2-7,12-13,18H2,1H3. The second-order valence-electron chi connectivity index (χ2n) is 5.14. The second kappa shape index (κ2) is 9.89. The molecule has 0 radical (unpaired) electrons. The van der Waals surface area contributed by atoms with E-state index >= 15 is 0 Å². The minimum atomic E-state index is 0.0181. The number of nitrogens with two attached hydrogens (primary N) is 1. The minimum Gasteiger partial charge on any atom is -0.508 e. The van der Waals surface area contributed by atoms with Crippen LogP contribution in [-0.4, -0.2) is 22.7 Å². The average Bonchev–Trinajstić information content (AvgIpc) is 2.45. The maximum Gasteiger partial charge on any atom is 0.115 e. The molecule has 20 heavy (non-hydrogen) atoms. The van der Waals surface area contributed by atoms with Crippen molar-refractivity contribution in [1.29, 1.82) is 0 Å². The van der Waals surface area contributed by atoms with Crippen LogP contribution in [0.15, 0.2) is 36.4 Å². The van der Waals surface area contributed by atoms with Gasteiger partial charge in [-0.15, -0.1) is 0 Å². The summed E-state index contributed by atoms with van der Waals surface area (Å²) in [5, 5.41) is 9.25. The van der Waals surface area contributed by atoms with E-state index in [1.807, 2.05) is 23.9 Å². The molecule has 0 aliphatic rings. The Balaban J connectivity index is 2.20. The van der Waals surface area contributed by atoms with Crippen molar-refractivity contribution in [2.45, 2.75) is 45.1 Å². The summed E-state index contributed by atoms with van der Waals surface area (Å²) in [7, 11) is 0. The van der Waals surface area contributed by atoms with Gasteiger partial charge >= 0.3 is 0 Å². The summed E-state index contributed by atoms with van der Waals surface area (Å²) < 4.78 is 0. The van der Waals surface area contributed by atoms with Gasteiger partial charge in [0.25, 0.3) is 0 Å². The fraction of sp³-hybridized carbons (Fsp3) is 0.529. The zero-order valence-electron chi connectivity index (χ0n) is 12.5. The third kappa shape index (κ3) is 7.01. The highest BCUT2D eigenvalue weighted by Gasteiger charge is 2.08. The van der Waals surface area contributed by atoms with Crippen molar-refractivity contribution in [3.8, 4) is 5.75 Å². The van der Waals surface area contributed by atoms with Gasteiger partial charge in [0.1, 0.15) is 5.75 Å². The van der Waals surface area contributed by atoms with Gasteiger partial charge in [0.05, 0.1) is 0 Å². The number of benzene rings is 1. The molecule has 0 fully saturated rings. The number of phenolic OH excluding ortho intramolecular Hbond substituents is 1. The van der Waals surface area contributed by atoms with Gasteiger partial charge in [0, 0.05) is 6.04 Å². The van der Waals surface area contributed by atoms with E-state index in [9.17, 15) is 5.11 Å². The van der Waals surface area contributed by atoms with E-state index in [0.29, 0.717) is 5.75 Å². The van der Waals surface area contributed by atoms with Gasteiger partial charge in [-0.05, 0) is 54.9 Å². The van der Waals surface area contributed by atoms with Crippen LogP contribution in [0.1, 0.15) is 38.2 Å². The monoisotopic (exact) mass is 293 g/mol. The molecule has 2 nitrogen and oxygen atoms in total. The summed E-state index contributed by atoms with van der Waals surface area (Å²) in [6.07, 6.45) is 5.56. The highest BCUT2D eigenvalue weighted by Crippen LogP contribution is 2.16. The third-order valence-corrected chi connectivity index (χ3v) is 4.39. The molecule has 1 aromatic carbocycles. The van der Waals surface area contributed by atoms with Crippen LogP contribution in [0.3, 0.4) is 0 Å². The Morgan fingerprint density at radius 3 is 2.60 bits per heavy atom. The van der Waals surface area contributed by atoms with E-state index in [-0.39, 0.29) is 6.04 Å². The molecule has 1 aromatic rings. The number of unbranched alkanes of at least 4 members (excludes halogenated alkanes) is 2. The first-order valence-corrected chi connectivity index (χ1v) is 8.58. The van der Waals surface area contributed by atoms with Crippen molar-refractivity contribution in [2.24, 2.45) is 5.73 Å². The van der Waals surface area contributed by atoms with E-state index < -0.39 is 0 Å². The molecule has 0 amide bonds. The number of thioether (sulfide) groups is 1. The number of hydrogen-bond acceptors (Lipinski definition) is 3. The van der Waals surface area contributed by atoms with Gasteiger partial charge in [0.15, 0.2) is 0 Å². The summed E-state index contributed by atoms with van der Waals surface area (Å²) in [5.41, 5.74) is 8.47. The maximum absolute atomic E-state index is 9.25. The van der Waals surface area contributed by atoms with E-state index in [1.54, 1.807) is 12.1 Å². The van der Waals surface area contributed by atoms with Crippen LogP contribution in [0.4, 0.5) is 0 Å². The van der Waals surface area contributed by atoms with Crippen molar-refractivity contribution in [1.82, 2.24) is 0 Å². The zero-order valence-corrected chi connectivity index (χ0v) is 13.3. The number of aromatic hydroxyl groups is 1. The van der Waals surface area contributed by atoms with Gasteiger partial charge in [-0.1, -0.05) is 37.6 Å². The highest BCUT2D eigenvalue weighted by atomic mass is 32.2. The molecule has 1 rings (SSSR count). The van der Waals surface area contributed by atoms with E-state index in [0.717, 1.165) is 24.0 Å². The lowest BCUT2D eigenvalue weighted by Gasteiger charge is -2.15. The first-order chi connectivity index (χ1) is 9.63. The zero-order chi connectivity index (χ0) is 14.8. The Bertz CT molecular complexity index is 388. The van der Waals surface area contributed by atoms with E-state index in [4.69, 9.17) is 5.73 Å². The fourth-order valence-corrected chi connectivity index (χ4v) is 2.79. The predicted molar refractivity (Wildman–Crippen MR) is 90.4 cm³/mol. The smallest absolute Gasteiger partial charge is 0.115 e. The SMILES string of the molecule is C=C(CCCCCSCC)C(N)Cc1ccc(O)cc1. The number of rotatable bonds is 10. The molecule has 0 aromatic heterocycles. The molecule has 3 N–H and O–H groups in total. The Morgan fingerprint density at radius 1 is 1.25 bits per heavy atom. The Morgan fingerprint density at radius 2 is 1.95 bits per heavy atom. The molecular weight excluding hydrogens is 266 g/mol. The van der Waals surface area contributed by atoms with Crippen molar-refractivity contribution in [3.63, 3.8) is 0 Å². The van der Waals surface area contributed by atoms with Gasteiger partial charge < -0.3 is 10.8 Å². The van der Waals surface area contributed by atoms with Crippen molar-refractivity contribution >= 4 is 11.8 Å². The van der Waals surface area contributed by atoms with Crippen LogP contribution >= 0.6 is 11.8 Å². The fourth-order valence-electron chi connectivity index (χ4n) is 2.09. The molecular formula is C17H27NOS. The van der Waals surface area contributed by atoms with Crippen molar-refractivity contribution in [2.75, 3.05) is 11.5 Å². The van der Waals surface area contributed by atoms with Crippen LogP contribution in [0.5, 0.6) is 5.75 Å². The Labute approximate surface area is 127 Å².